The van der Waals surface area contributed by atoms with Crippen LogP contribution in [0, 0.1) is 18.3 Å². The number of nitrogens with zero attached hydrogens (tertiary/aromatic N) is 2. The lowest BCUT2D eigenvalue weighted by Gasteiger charge is -2.30. The van der Waals surface area contributed by atoms with E-state index in [0.717, 1.165) is 0 Å². The third-order valence-corrected chi connectivity index (χ3v) is 5.61. The average molecular weight is 294 g/mol. The van der Waals surface area contributed by atoms with E-state index in [1.807, 2.05) is 6.07 Å². The zero-order valence-corrected chi connectivity index (χ0v) is 12.5. The van der Waals surface area contributed by atoms with Gasteiger partial charge in [-0.05, 0) is 43.5 Å². The lowest BCUT2D eigenvalue weighted by atomic mass is 10.1. The normalized spacial score (nSPS) is 17.1. The Morgan fingerprint density at radius 3 is 2.55 bits per heavy atom. The molecule has 0 unspecified atom stereocenters. The van der Waals surface area contributed by atoms with Crippen molar-refractivity contribution in [3.05, 3.63) is 29.3 Å². The summed E-state index contributed by atoms with van der Waals surface area (Å²) in [5.41, 5.74) is 1.17. The molecule has 1 aliphatic heterocycles. The Bertz CT molecular complexity index is 628. The second kappa shape index (κ2) is 5.92. The van der Waals surface area contributed by atoms with Crippen LogP contribution >= 0.6 is 0 Å². The molecule has 0 N–H and O–H groups in total. The Labute approximate surface area is 119 Å². The van der Waals surface area contributed by atoms with Crippen LogP contribution in [0.25, 0.3) is 0 Å². The molecule has 108 valence electrons. The average Bonchev–Trinajstić information content (AvgIpc) is 2.47. The number of nitriles is 1. The molecule has 1 fully saturated rings. The van der Waals surface area contributed by atoms with E-state index in [0.29, 0.717) is 37.2 Å². The second-order valence-electron chi connectivity index (χ2n) is 4.95. The van der Waals surface area contributed by atoms with Crippen LogP contribution in [0.15, 0.2) is 23.1 Å². The number of aryl methyl sites for hydroxylation is 1. The molecule has 0 bridgehead atoms. The Kier molecular flexibility index (Phi) is 4.43. The van der Waals surface area contributed by atoms with Gasteiger partial charge in [-0.25, -0.2) is 8.42 Å². The van der Waals surface area contributed by atoms with Crippen LogP contribution in [0.2, 0.25) is 0 Å². The van der Waals surface area contributed by atoms with Crippen LogP contribution in [0.4, 0.5) is 0 Å². The molecule has 6 heteroatoms. The summed E-state index contributed by atoms with van der Waals surface area (Å²) in [5, 5.41) is 8.90. The molecule has 5 nitrogen and oxygen atoms in total. The van der Waals surface area contributed by atoms with Crippen LogP contribution in [-0.4, -0.2) is 39.0 Å². The van der Waals surface area contributed by atoms with Crippen molar-refractivity contribution in [1.29, 1.82) is 5.26 Å². The predicted octanol–water partition coefficient (Wildman–Crippen LogP) is 1.67. The van der Waals surface area contributed by atoms with Crippen LogP contribution in [0.5, 0.6) is 0 Å². The maximum atomic E-state index is 12.6. The monoisotopic (exact) mass is 294 g/mol. The van der Waals surface area contributed by atoms with Gasteiger partial charge in [-0.15, -0.1) is 0 Å². The lowest BCUT2D eigenvalue weighted by Crippen LogP contribution is -2.40. The third-order valence-electron chi connectivity index (χ3n) is 3.70. The fraction of sp³-hybridized carbons (Fsp3) is 0.500. The molecule has 0 spiro atoms. The van der Waals surface area contributed by atoms with Crippen molar-refractivity contribution in [1.82, 2.24) is 4.31 Å². The molecule has 1 heterocycles. The maximum Gasteiger partial charge on any atom is 0.243 e. The van der Waals surface area contributed by atoms with Gasteiger partial charge in [-0.1, -0.05) is 0 Å². The van der Waals surface area contributed by atoms with E-state index in [4.69, 9.17) is 10.00 Å². The van der Waals surface area contributed by atoms with Crippen molar-refractivity contribution in [3.63, 3.8) is 0 Å². The second-order valence-corrected chi connectivity index (χ2v) is 6.95. The zero-order valence-electron chi connectivity index (χ0n) is 11.7. The molecule has 1 aromatic carbocycles. The molecule has 2 rings (SSSR count). The third kappa shape index (κ3) is 2.85. The van der Waals surface area contributed by atoms with Gasteiger partial charge in [0.15, 0.2) is 0 Å². The summed E-state index contributed by atoms with van der Waals surface area (Å²) >= 11 is 0. The Morgan fingerprint density at radius 2 is 2.00 bits per heavy atom. The SMILES string of the molecule is Cc1cc(S(=O)(=O)N(C)C2CCOCC2)ccc1C#N. The van der Waals surface area contributed by atoms with Gasteiger partial charge in [-0.2, -0.15) is 9.57 Å². The van der Waals surface area contributed by atoms with Crippen molar-refractivity contribution in [2.45, 2.75) is 30.7 Å². The van der Waals surface area contributed by atoms with Crippen molar-refractivity contribution in [2.75, 3.05) is 20.3 Å². The number of benzene rings is 1. The van der Waals surface area contributed by atoms with Gasteiger partial charge in [0.1, 0.15) is 0 Å². The minimum atomic E-state index is -3.52. The molecule has 1 aromatic rings. The summed E-state index contributed by atoms with van der Waals surface area (Å²) in [6.07, 6.45) is 1.43. The standard InChI is InChI=1S/C14H18N2O3S/c1-11-9-14(4-3-12(11)10-15)20(17,18)16(2)13-5-7-19-8-6-13/h3-4,9,13H,5-8H2,1-2H3. The molecule has 0 aromatic heterocycles. The van der Waals surface area contributed by atoms with Crippen molar-refractivity contribution < 1.29 is 13.2 Å². The van der Waals surface area contributed by atoms with Crippen molar-refractivity contribution >= 4 is 10.0 Å². The van der Waals surface area contributed by atoms with Crippen LogP contribution < -0.4 is 0 Å². The quantitative estimate of drug-likeness (QED) is 0.850. The van der Waals surface area contributed by atoms with Gasteiger partial charge in [0.05, 0.1) is 16.5 Å². The fourth-order valence-electron chi connectivity index (χ4n) is 2.33. The van der Waals surface area contributed by atoms with E-state index in [1.54, 1.807) is 26.1 Å². The largest absolute Gasteiger partial charge is 0.381 e. The first-order valence-electron chi connectivity index (χ1n) is 6.53. The number of sulfonamides is 1. The van der Waals surface area contributed by atoms with Gasteiger partial charge < -0.3 is 4.74 Å². The summed E-state index contributed by atoms with van der Waals surface area (Å²) in [4.78, 5) is 0.239. The van der Waals surface area contributed by atoms with E-state index < -0.39 is 10.0 Å². The van der Waals surface area contributed by atoms with E-state index in [1.165, 1.54) is 10.4 Å². The van der Waals surface area contributed by atoms with E-state index in [9.17, 15) is 8.42 Å². The smallest absolute Gasteiger partial charge is 0.243 e. The summed E-state index contributed by atoms with van der Waals surface area (Å²) < 4.78 is 31.9. The first-order valence-corrected chi connectivity index (χ1v) is 7.97. The summed E-state index contributed by atoms with van der Waals surface area (Å²) in [7, 11) is -1.91. The van der Waals surface area contributed by atoms with E-state index in [-0.39, 0.29) is 10.9 Å². The maximum absolute atomic E-state index is 12.6. The van der Waals surface area contributed by atoms with E-state index in [2.05, 4.69) is 0 Å². The molecule has 0 aliphatic carbocycles. The molecule has 20 heavy (non-hydrogen) atoms. The first-order chi connectivity index (χ1) is 9.46. The summed E-state index contributed by atoms with van der Waals surface area (Å²) in [6.45, 7) is 2.93. The molecule has 1 aliphatic rings. The van der Waals surface area contributed by atoms with Gasteiger partial charge in [0, 0.05) is 26.3 Å². The van der Waals surface area contributed by atoms with E-state index >= 15 is 0 Å². The zero-order chi connectivity index (χ0) is 14.8. The van der Waals surface area contributed by atoms with Gasteiger partial charge in [0.25, 0.3) is 0 Å². The summed E-state index contributed by atoms with van der Waals surface area (Å²) in [6, 6.07) is 6.63. The Hall–Kier alpha value is -1.42. The van der Waals surface area contributed by atoms with Crippen LogP contribution in [0.3, 0.4) is 0 Å². The number of hydrogen-bond acceptors (Lipinski definition) is 4. The highest BCUT2D eigenvalue weighted by Gasteiger charge is 2.29. The topological polar surface area (TPSA) is 70.4 Å². The summed E-state index contributed by atoms with van der Waals surface area (Å²) in [5.74, 6) is 0. The number of hydrogen-bond donors (Lipinski definition) is 0. The van der Waals surface area contributed by atoms with Gasteiger partial charge in [0.2, 0.25) is 10.0 Å². The van der Waals surface area contributed by atoms with Crippen LogP contribution in [-0.2, 0) is 14.8 Å². The minimum absolute atomic E-state index is 0.0234. The fourth-order valence-corrected chi connectivity index (χ4v) is 3.83. The molecular formula is C14H18N2O3S. The molecule has 1 saturated heterocycles. The highest BCUT2D eigenvalue weighted by Crippen LogP contribution is 2.23. The lowest BCUT2D eigenvalue weighted by molar-refractivity contribution is 0.0632. The van der Waals surface area contributed by atoms with Crippen LogP contribution in [0.1, 0.15) is 24.0 Å². The Balaban J connectivity index is 2.30. The predicted molar refractivity (Wildman–Crippen MR) is 74.7 cm³/mol. The first kappa shape index (κ1) is 15.0. The van der Waals surface area contributed by atoms with Gasteiger partial charge >= 0.3 is 0 Å². The minimum Gasteiger partial charge on any atom is -0.381 e. The highest BCUT2D eigenvalue weighted by molar-refractivity contribution is 7.89. The van der Waals surface area contributed by atoms with Crippen molar-refractivity contribution in [2.24, 2.45) is 0 Å². The molecular weight excluding hydrogens is 276 g/mol. The number of ether oxygens (including phenoxy) is 1. The highest BCUT2D eigenvalue weighted by atomic mass is 32.2. The van der Waals surface area contributed by atoms with Crippen molar-refractivity contribution in [3.8, 4) is 6.07 Å². The molecule has 0 radical (unpaired) electrons. The Morgan fingerprint density at radius 1 is 1.35 bits per heavy atom. The number of rotatable bonds is 3. The molecule has 0 amide bonds. The molecule has 0 saturated carbocycles. The van der Waals surface area contributed by atoms with Gasteiger partial charge in [-0.3, -0.25) is 0 Å². The molecule has 0 atom stereocenters.